The van der Waals surface area contributed by atoms with Gasteiger partial charge in [-0.3, -0.25) is 4.79 Å². The van der Waals surface area contributed by atoms with Gasteiger partial charge in [0.25, 0.3) is 0 Å². The Kier molecular flexibility index (Phi) is 45.7. The van der Waals surface area contributed by atoms with E-state index in [1.54, 1.807) is 0 Å². The average molecular weight is 210 g/mol. The van der Waals surface area contributed by atoms with Crippen molar-refractivity contribution in [2.75, 3.05) is 7.11 Å². The van der Waals surface area contributed by atoms with Crippen molar-refractivity contribution in [3.8, 4) is 0 Å². The molecule has 0 rings (SSSR count). The summed E-state index contributed by atoms with van der Waals surface area (Å²) in [5.74, 6) is -0.245. The van der Waals surface area contributed by atoms with Gasteiger partial charge in [0.2, 0.25) is 0 Å². The first-order valence-electron chi connectivity index (χ1n) is 1.32. The van der Waals surface area contributed by atoms with E-state index in [4.69, 9.17) is 0 Å². The van der Waals surface area contributed by atoms with Crippen LogP contribution in [0.2, 0.25) is 0 Å². The van der Waals surface area contributed by atoms with E-state index >= 15 is 0 Å². The first-order valence-corrected chi connectivity index (χ1v) is 1.32. The molecule has 0 amide bonds. The van der Waals surface area contributed by atoms with Crippen molar-refractivity contribution < 1.29 is 53.8 Å². The summed E-state index contributed by atoms with van der Waals surface area (Å²) in [6, 6.07) is 0. The summed E-state index contributed by atoms with van der Waals surface area (Å²) in [5.41, 5.74) is 0. The van der Waals surface area contributed by atoms with Gasteiger partial charge >= 0.3 is 25.4 Å². The topological polar surface area (TPSA) is 26.3 Å². The van der Waals surface area contributed by atoms with Gasteiger partial charge in [-0.25, -0.2) is 0 Å². The van der Waals surface area contributed by atoms with Crippen LogP contribution in [0.25, 0.3) is 0 Å². The van der Waals surface area contributed by atoms with Crippen molar-refractivity contribution in [1.82, 2.24) is 0 Å². The molecule has 46 valence electrons. The zero-order valence-corrected chi connectivity index (χ0v) is 9.26. The second-order valence-electron chi connectivity index (χ2n) is 0.696. The Morgan fingerprint density at radius 1 is 1.38 bits per heavy atom. The molecule has 0 aromatic heterocycles. The summed E-state index contributed by atoms with van der Waals surface area (Å²) >= 11 is 0. The molecule has 0 unspecified atom stereocenters. The van der Waals surface area contributed by atoms with Crippen LogP contribution in [0.1, 0.15) is 6.92 Å². The molecule has 0 saturated heterocycles. The third kappa shape index (κ3) is 30.1. The molecule has 0 radical (unpaired) electrons. The van der Waals surface area contributed by atoms with Gasteiger partial charge in [0.1, 0.15) is 0 Å². The molecular weight excluding hydrogens is 204 g/mol. The van der Waals surface area contributed by atoms with Crippen LogP contribution in [0.15, 0.2) is 0 Å². The van der Waals surface area contributed by atoms with E-state index < -0.39 is 0 Å². The maximum atomic E-state index is 9.59. The monoisotopic (exact) mass is 208 g/mol. The van der Waals surface area contributed by atoms with Gasteiger partial charge < -0.3 is 29.6 Å². The number of carbonyl (C=O) groups excluding carboxylic acids is 1. The van der Waals surface area contributed by atoms with Gasteiger partial charge in [0.15, 0.2) is 0 Å². The summed E-state index contributed by atoms with van der Waals surface area (Å²) in [6.45, 7) is 1.36. The smallest absolute Gasteiger partial charge is 1.00 e. The third-order valence-electron chi connectivity index (χ3n) is 0.287. The average Bonchev–Trinajstić information content (AvgIpc) is 1.38. The molecule has 0 fully saturated rings. The van der Waals surface area contributed by atoms with Gasteiger partial charge in [-0.2, -0.15) is 0 Å². The normalized spacial score (nSPS) is 4.25. The Morgan fingerprint density at radius 2 is 1.50 bits per heavy atom. The van der Waals surface area contributed by atoms with Crippen LogP contribution >= 0.6 is 0 Å². The number of hydrogen-bond donors (Lipinski definition) is 0. The SMILES string of the molecule is COC(C)=O.[Cl-].[Cl-].[Zn+2]. The maximum Gasteiger partial charge on any atom is 2.00 e. The molecule has 0 aliphatic carbocycles. The van der Waals surface area contributed by atoms with Crippen LogP contribution in [0.5, 0.6) is 0 Å². The van der Waals surface area contributed by atoms with Crippen molar-refractivity contribution in [2.45, 2.75) is 6.92 Å². The maximum absolute atomic E-state index is 9.59. The first-order chi connectivity index (χ1) is 2.27. The minimum absolute atomic E-state index is 0. The van der Waals surface area contributed by atoms with E-state index in [-0.39, 0.29) is 50.3 Å². The number of esters is 1. The predicted octanol–water partition coefficient (Wildman–Crippen LogP) is -5.82. The number of methoxy groups -OCH3 is 1. The first kappa shape index (κ1) is 23.4. The largest absolute Gasteiger partial charge is 2.00 e. The fraction of sp³-hybridized carbons (Fsp3) is 0.667. The van der Waals surface area contributed by atoms with Crippen molar-refractivity contribution in [3.05, 3.63) is 0 Å². The van der Waals surface area contributed by atoms with E-state index in [1.165, 1.54) is 14.0 Å². The van der Waals surface area contributed by atoms with E-state index in [0.29, 0.717) is 0 Å². The number of rotatable bonds is 0. The van der Waals surface area contributed by atoms with Crippen molar-refractivity contribution in [1.29, 1.82) is 0 Å². The zero-order valence-electron chi connectivity index (χ0n) is 4.78. The molecule has 0 bridgehead atoms. The fourth-order valence-corrected chi connectivity index (χ4v) is 0. The van der Waals surface area contributed by atoms with Crippen molar-refractivity contribution in [2.24, 2.45) is 0 Å². The standard InChI is InChI=1S/C3H6O2.2ClH.Zn/c1-3(4)5-2;;;/h1-2H3;2*1H;/q;;;+2/p-2. The molecular formula is C3H6Cl2O2Zn. The van der Waals surface area contributed by atoms with Crippen LogP contribution in [0, 0.1) is 0 Å². The minimum atomic E-state index is -0.245. The van der Waals surface area contributed by atoms with Crippen LogP contribution in [0.3, 0.4) is 0 Å². The van der Waals surface area contributed by atoms with Gasteiger partial charge in [-0.05, 0) is 0 Å². The van der Waals surface area contributed by atoms with Gasteiger partial charge in [0.05, 0.1) is 7.11 Å². The number of ether oxygens (including phenoxy) is 1. The molecule has 5 heteroatoms. The fourth-order valence-electron chi connectivity index (χ4n) is 0. The van der Waals surface area contributed by atoms with Crippen LogP contribution < -0.4 is 24.8 Å². The minimum Gasteiger partial charge on any atom is -1.00 e. The number of halogens is 2. The molecule has 2 nitrogen and oxygen atoms in total. The molecule has 8 heavy (non-hydrogen) atoms. The van der Waals surface area contributed by atoms with Crippen molar-refractivity contribution in [3.63, 3.8) is 0 Å². The zero-order chi connectivity index (χ0) is 4.28. The Bertz CT molecular complexity index is 50.5. The van der Waals surface area contributed by atoms with Crippen LogP contribution in [-0.2, 0) is 29.0 Å². The second kappa shape index (κ2) is 15.6. The number of hydrogen-bond acceptors (Lipinski definition) is 2. The van der Waals surface area contributed by atoms with Crippen LogP contribution in [0.4, 0.5) is 0 Å². The van der Waals surface area contributed by atoms with E-state index in [9.17, 15) is 4.79 Å². The quantitative estimate of drug-likeness (QED) is 0.294. The summed E-state index contributed by atoms with van der Waals surface area (Å²) in [4.78, 5) is 9.59. The summed E-state index contributed by atoms with van der Waals surface area (Å²) < 4.78 is 4.11. The Hall–Kier alpha value is 0.673. The molecule has 0 aromatic rings. The molecule has 0 aliphatic heterocycles. The molecule has 0 N–H and O–H groups in total. The Balaban J connectivity index is -0.0000000267. The Labute approximate surface area is 73.9 Å². The predicted molar refractivity (Wildman–Crippen MR) is 17.7 cm³/mol. The molecule has 0 heterocycles. The summed E-state index contributed by atoms with van der Waals surface area (Å²) in [7, 11) is 1.35. The van der Waals surface area contributed by atoms with E-state index in [1.807, 2.05) is 0 Å². The molecule has 0 aliphatic rings. The van der Waals surface area contributed by atoms with Crippen molar-refractivity contribution >= 4 is 5.97 Å². The molecule has 0 aromatic carbocycles. The van der Waals surface area contributed by atoms with Crippen LogP contribution in [-0.4, -0.2) is 13.1 Å². The van der Waals surface area contributed by atoms with Gasteiger partial charge in [-0.1, -0.05) is 0 Å². The summed E-state index contributed by atoms with van der Waals surface area (Å²) in [5, 5.41) is 0. The number of carbonyl (C=O) groups is 1. The molecule has 0 spiro atoms. The summed E-state index contributed by atoms with van der Waals surface area (Å²) in [6.07, 6.45) is 0. The van der Waals surface area contributed by atoms with E-state index in [0.717, 1.165) is 0 Å². The van der Waals surface area contributed by atoms with Gasteiger partial charge in [-0.15, -0.1) is 0 Å². The Morgan fingerprint density at radius 3 is 1.50 bits per heavy atom. The third-order valence-corrected chi connectivity index (χ3v) is 0.287. The van der Waals surface area contributed by atoms with E-state index in [2.05, 4.69) is 4.74 Å². The molecule has 0 saturated carbocycles. The molecule has 0 atom stereocenters. The van der Waals surface area contributed by atoms with Gasteiger partial charge in [0, 0.05) is 6.92 Å². The second-order valence-corrected chi connectivity index (χ2v) is 0.696.